The van der Waals surface area contributed by atoms with Crippen LogP contribution in [0.2, 0.25) is 0 Å². The van der Waals surface area contributed by atoms with Crippen LogP contribution in [-0.4, -0.2) is 6.54 Å². The summed E-state index contributed by atoms with van der Waals surface area (Å²) >= 11 is 0. The van der Waals surface area contributed by atoms with Crippen LogP contribution in [0.5, 0.6) is 0 Å². The molecule has 1 heteroatoms. The minimum absolute atomic E-state index is 0.553. The molecule has 0 heterocycles. The number of hydrogen-bond acceptors (Lipinski definition) is 1. The second-order valence-corrected chi connectivity index (χ2v) is 4.58. The maximum atomic E-state index is 5.79. The van der Waals surface area contributed by atoms with Gasteiger partial charge in [-0.2, -0.15) is 0 Å². The molecule has 0 fully saturated rings. The second kappa shape index (κ2) is 4.80. The van der Waals surface area contributed by atoms with Gasteiger partial charge in [0.05, 0.1) is 0 Å². The second-order valence-electron chi connectivity index (χ2n) is 4.58. The minimum atomic E-state index is 0.553. The van der Waals surface area contributed by atoms with Gasteiger partial charge in [0.15, 0.2) is 0 Å². The Morgan fingerprint density at radius 1 is 1.20 bits per heavy atom. The Hall–Kier alpha value is -0.820. The first-order chi connectivity index (χ1) is 7.35. The van der Waals surface area contributed by atoms with E-state index in [1.807, 2.05) is 0 Å². The van der Waals surface area contributed by atoms with Crippen LogP contribution in [0.3, 0.4) is 0 Å². The van der Waals surface area contributed by atoms with Gasteiger partial charge in [-0.15, -0.1) is 0 Å². The van der Waals surface area contributed by atoms with E-state index >= 15 is 0 Å². The molecular weight excluding hydrogens is 182 g/mol. The maximum absolute atomic E-state index is 5.79. The third kappa shape index (κ3) is 2.23. The number of hydrogen-bond donors (Lipinski definition) is 1. The van der Waals surface area contributed by atoms with Gasteiger partial charge in [-0.1, -0.05) is 25.1 Å². The van der Waals surface area contributed by atoms with E-state index in [4.69, 9.17) is 5.73 Å². The zero-order valence-electron chi connectivity index (χ0n) is 9.63. The molecule has 1 aliphatic carbocycles. The molecule has 0 amide bonds. The van der Waals surface area contributed by atoms with Gasteiger partial charge in [-0.25, -0.2) is 0 Å². The molecule has 1 nitrogen and oxygen atoms in total. The molecule has 1 aromatic carbocycles. The number of fused-ring (bicyclic) bond motifs is 1. The monoisotopic (exact) mass is 203 g/mol. The van der Waals surface area contributed by atoms with E-state index in [-0.39, 0.29) is 0 Å². The highest BCUT2D eigenvalue weighted by molar-refractivity contribution is 5.35. The third-order valence-electron chi connectivity index (χ3n) is 3.62. The van der Waals surface area contributed by atoms with Crippen molar-refractivity contribution in [2.45, 2.75) is 44.9 Å². The summed E-state index contributed by atoms with van der Waals surface area (Å²) in [6.45, 7) is 2.99. The predicted molar refractivity (Wildman–Crippen MR) is 65.2 cm³/mol. The highest BCUT2D eigenvalue weighted by Crippen LogP contribution is 2.26. The first kappa shape index (κ1) is 10.7. The van der Waals surface area contributed by atoms with Crippen LogP contribution in [0.1, 0.15) is 48.8 Å². The van der Waals surface area contributed by atoms with Crippen molar-refractivity contribution in [2.24, 2.45) is 5.73 Å². The van der Waals surface area contributed by atoms with E-state index in [0.717, 1.165) is 13.0 Å². The van der Waals surface area contributed by atoms with Crippen LogP contribution in [0.25, 0.3) is 0 Å². The third-order valence-corrected chi connectivity index (χ3v) is 3.62. The summed E-state index contributed by atoms with van der Waals surface area (Å²) in [5.41, 5.74) is 10.4. The molecule has 0 spiro atoms. The Morgan fingerprint density at radius 2 is 1.93 bits per heavy atom. The van der Waals surface area contributed by atoms with Gasteiger partial charge in [0.1, 0.15) is 0 Å². The predicted octanol–water partition coefficient (Wildman–Crippen LogP) is 3.02. The van der Waals surface area contributed by atoms with Crippen LogP contribution in [0.15, 0.2) is 18.2 Å². The molecular formula is C14H21N. The number of rotatable bonds is 3. The highest BCUT2D eigenvalue weighted by atomic mass is 14.5. The average molecular weight is 203 g/mol. The largest absolute Gasteiger partial charge is 0.330 e. The molecule has 0 radical (unpaired) electrons. The molecule has 1 atom stereocenters. The smallest absolute Gasteiger partial charge is 0.000834 e. The van der Waals surface area contributed by atoms with Crippen molar-refractivity contribution in [2.75, 3.05) is 6.54 Å². The molecule has 0 saturated heterocycles. The SMILES string of the molecule is CCC(CN)c1ccc2c(c1)CCCC2. The molecule has 1 aliphatic rings. The average Bonchev–Trinajstić information content (AvgIpc) is 2.30. The quantitative estimate of drug-likeness (QED) is 0.803. The van der Waals surface area contributed by atoms with Crippen molar-refractivity contribution in [1.29, 1.82) is 0 Å². The fraction of sp³-hybridized carbons (Fsp3) is 0.571. The lowest BCUT2D eigenvalue weighted by Crippen LogP contribution is -2.13. The zero-order chi connectivity index (χ0) is 10.7. The number of nitrogens with two attached hydrogens (primary N) is 1. The fourth-order valence-electron chi connectivity index (χ4n) is 2.55. The molecule has 2 rings (SSSR count). The highest BCUT2D eigenvalue weighted by Gasteiger charge is 2.12. The molecule has 0 saturated carbocycles. The molecule has 0 aromatic heterocycles. The Labute approximate surface area is 92.7 Å². The minimum Gasteiger partial charge on any atom is -0.330 e. The lowest BCUT2D eigenvalue weighted by Gasteiger charge is -2.19. The molecule has 2 N–H and O–H groups in total. The summed E-state index contributed by atoms with van der Waals surface area (Å²) in [7, 11) is 0. The van der Waals surface area contributed by atoms with Crippen molar-refractivity contribution in [3.8, 4) is 0 Å². The van der Waals surface area contributed by atoms with E-state index in [1.165, 1.54) is 31.2 Å². The van der Waals surface area contributed by atoms with Gasteiger partial charge < -0.3 is 5.73 Å². The summed E-state index contributed by atoms with van der Waals surface area (Å²) in [5.74, 6) is 0.553. The molecule has 15 heavy (non-hydrogen) atoms. The summed E-state index contributed by atoms with van der Waals surface area (Å²) < 4.78 is 0. The van der Waals surface area contributed by atoms with Crippen LogP contribution in [0, 0.1) is 0 Å². The Bertz CT molecular complexity index is 326. The normalized spacial score (nSPS) is 17.2. The number of aryl methyl sites for hydroxylation is 2. The van der Waals surface area contributed by atoms with Crippen LogP contribution in [-0.2, 0) is 12.8 Å². The van der Waals surface area contributed by atoms with Gasteiger partial charge in [-0.3, -0.25) is 0 Å². The van der Waals surface area contributed by atoms with E-state index < -0.39 is 0 Å². The standard InChI is InChI=1S/C14H21N/c1-2-11(10-15)14-8-7-12-5-3-4-6-13(12)9-14/h7-9,11H,2-6,10,15H2,1H3. The fourth-order valence-corrected chi connectivity index (χ4v) is 2.55. The lowest BCUT2D eigenvalue weighted by molar-refractivity contribution is 0.659. The first-order valence-corrected chi connectivity index (χ1v) is 6.17. The Balaban J connectivity index is 2.27. The van der Waals surface area contributed by atoms with E-state index in [2.05, 4.69) is 25.1 Å². The van der Waals surface area contributed by atoms with Gasteiger partial charge in [0.2, 0.25) is 0 Å². The van der Waals surface area contributed by atoms with Gasteiger partial charge in [0, 0.05) is 0 Å². The van der Waals surface area contributed by atoms with Crippen LogP contribution < -0.4 is 5.73 Å². The van der Waals surface area contributed by atoms with E-state index in [9.17, 15) is 0 Å². The van der Waals surface area contributed by atoms with Gasteiger partial charge >= 0.3 is 0 Å². The molecule has 1 aromatic rings. The summed E-state index contributed by atoms with van der Waals surface area (Å²) in [5, 5.41) is 0. The number of benzene rings is 1. The van der Waals surface area contributed by atoms with Crippen molar-refractivity contribution in [1.82, 2.24) is 0 Å². The van der Waals surface area contributed by atoms with Crippen molar-refractivity contribution in [3.05, 3.63) is 34.9 Å². The van der Waals surface area contributed by atoms with Crippen LogP contribution in [0.4, 0.5) is 0 Å². The zero-order valence-corrected chi connectivity index (χ0v) is 9.63. The van der Waals surface area contributed by atoms with Gasteiger partial charge in [-0.05, 0) is 61.3 Å². The molecule has 1 unspecified atom stereocenters. The Morgan fingerprint density at radius 3 is 2.60 bits per heavy atom. The molecule has 82 valence electrons. The molecule has 0 aliphatic heterocycles. The summed E-state index contributed by atoms with van der Waals surface area (Å²) in [4.78, 5) is 0. The van der Waals surface area contributed by atoms with Crippen molar-refractivity contribution >= 4 is 0 Å². The lowest BCUT2D eigenvalue weighted by atomic mass is 9.87. The summed E-state index contributed by atoms with van der Waals surface area (Å²) in [6, 6.07) is 7.00. The van der Waals surface area contributed by atoms with Crippen molar-refractivity contribution in [3.63, 3.8) is 0 Å². The van der Waals surface area contributed by atoms with E-state index in [0.29, 0.717) is 5.92 Å². The summed E-state index contributed by atoms with van der Waals surface area (Å²) in [6.07, 6.45) is 6.41. The van der Waals surface area contributed by atoms with E-state index in [1.54, 1.807) is 11.1 Å². The van der Waals surface area contributed by atoms with Crippen molar-refractivity contribution < 1.29 is 0 Å². The first-order valence-electron chi connectivity index (χ1n) is 6.17. The maximum Gasteiger partial charge on any atom is -0.000834 e. The molecule has 0 bridgehead atoms. The van der Waals surface area contributed by atoms with Crippen LogP contribution >= 0.6 is 0 Å². The topological polar surface area (TPSA) is 26.0 Å². The Kier molecular flexibility index (Phi) is 3.42. The van der Waals surface area contributed by atoms with Gasteiger partial charge in [0.25, 0.3) is 0 Å².